The second-order valence-electron chi connectivity index (χ2n) is 5.09. The number of aromatic carboxylic acids is 1. The van der Waals surface area contributed by atoms with E-state index >= 15 is 0 Å². The van der Waals surface area contributed by atoms with Gasteiger partial charge in [-0.3, -0.25) is 4.40 Å². The summed E-state index contributed by atoms with van der Waals surface area (Å²) in [5, 5.41) is 17.6. The van der Waals surface area contributed by atoms with Gasteiger partial charge in [-0.25, -0.2) is 4.79 Å². The van der Waals surface area contributed by atoms with Crippen molar-refractivity contribution in [3.63, 3.8) is 0 Å². The standard InChI is InChI=1S/C16H12N4O2/c1-19-12-7-2-3-8-13(12)20-14(17-18-16(19)20)10-5-4-6-11(9-10)15(21)22/h2-9H,1H3,(H,21,22). The number of rotatable bonds is 2. The van der Waals surface area contributed by atoms with E-state index in [2.05, 4.69) is 10.2 Å². The molecular weight excluding hydrogens is 280 g/mol. The Kier molecular flexibility index (Phi) is 2.53. The first-order valence-corrected chi connectivity index (χ1v) is 6.79. The Bertz CT molecular complexity index is 1030. The number of nitrogens with zero attached hydrogens (tertiary/aromatic N) is 4. The first kappa shape index (κ1) is 12.6. The molecule has 0 atom stereocenters. The normalized spacial score (nSPS) is 11.3. The van der Waals surface area contributed by atoms with E-state index in [0.29, 0.717) is 5.82 Å². The summed E-state index contributed by atoms with van der Waals surface area (Å²) >= 11 is 0. The molecule has 0 aliphatic rings. The summed E-state index contributed by atoms with van der Waals surface area (Å²) in [5.74, 6) is 0.396. The average Bonchev–Trinajstić information content (AvgIpc) is 3.09. The maximum absolute atomic E-state index is 11.2. The van der Waals surface area contributed by atoms with Crippen molar-refractivity contribution in [2.75, 3.05) is 0 Å². The van der Waals surface area contributed by atoms with Gasteiger partial charge in [0.05, 0.1) is 16.6 Å². The maximum atomic E-state index is 11.2. The number of benzene rings is 2. The Morgan fingerprint density at radius 2 is 1.82 bits per heavy atom. The fourth-order valence-electron chi connectivity index (χ4n) is 2.74. The highest BCUT2D eigenvalue weighted by molar-refractivity contribution is 5.89. The van der Waals surface area contributed by atoms with E-state index in [-0.39, 0.29) is 5.56 Å². The fourth-order valence-corrected chi connectivity index (χ4v) is 2.74. The van der Waals surface area contributed by atoms with Gasteiger partial charge in [0.15, 0.2) is 5.82 Å². The highest BCUT2D eigenvalue weighted by Crippen LogP contribution is 2.25. The maximum Gasteiger partial charge on any atom is 0.335 e. The third-order valence-electron chi connectivity index (χ3n) is 3.80. The monoisotopic (exact) mass is 292 g/mol. The lowest BCUT2D eigenvalue weighted by molar-refractivity contribution is 0.0697. The van der Waals surface area contributed by atoms with Gasteiger partial charge in [0.25, 0.3) is 0 Å². The number of carbonyl (C=O) groups is 1. The van der Waals surface area contributed by atoms with Gasteiger partial charge in [-0.15, -0.1) is 10.2 Å². The number of fused-ring (bicyclic) bond motifs is 3. The van der Waals surface area contributed by atoms with E-state index in [0.717, 1.165) is 22.4 Å². The van der Waals surface area contributed by atoms with Gasteiger partial charge < -0.3 is 9.67 Å². The van der Waals surface area contributed by atoms with Crippen molar-refractivity contribution in [1.82, 2.24) is 19.2 Å². The molecule has 108 valence electrons. The van der Waals surface area contributed by atoms with Gasteiger partial charge in [0.2, 0.25) is 5.78 Å². The summed E-state index contributed by atoms with van der Waals surface area (Å²) in [6.45, 7) is 0. The third kappa shape index (κ3) is 1.64. The topological polar surface area (TPSA) is 72.4 Å². The summed E-state index contributed by atoms with van der Waals surface area (Å²) in [6.07, 6.45) is 0. The molecule has 2 heterocycles. The van der Waals surface area contributed by atoms with E-state index in [9.17, 15) is 4.79 Å². The van der Waals surface area contributed by atoms with Crippen LogP contribution in [0.15, 0.2) is 48.5 Å². The lowest BCUT2D eigenvalue weighted by Crippen LogP contribution is -1.97. The predicted molar refractivity (Wildman–Crippen MR) is 81.9 cm³/mol. The second-order valence-corrected chi connectivity index (χ2v) is 5.09. The first-order chi connectivity index (χ1) is 10.7. The Morgan fingerprint density at radius 1 is 1.05 bits per heavy atom. The smallest absolute Gasteiger partial charge is 0.335 e. The van der Waals surface area contributed by atoms with Crippen molar-refractivity contribution < 1.29 is 9.90 Å². The molecule has 0 unspecified atom stereocenters. The van der Waals surface area contributed by atoms with E-state index in [1.807, 2.05) is 46.3 Å². The van der Waals surface area contributed by atoms with Crippen LogP contribution in [0.3, 0.4) is 0 Å². The van der Waals surface area contributed by atoms with Crippen molar-refractivity contribution in [2.24, 2.45) is 7.05 Å². The molecule has 0 fully saturated rings. The number of aryl methyl sites for hydroxylation is 1. The van der Waals surface area contributed by atoms with Gasteiger partial charge >= 0.3 is 5.97 Å². The molecule has 2 aromatic heterocycles. The zero-order valence-corrected chi connectivity index (χ0v) is 11.8. The number of imidazole rings is 1. The number of carboxylic acid groups (broad SMARTS) is 1. The van der Waals surface area contributed by atoms with E-state index in [4.69, 9.17) is 5.11 Å². The Labute approximate surface area is 125 Å². The number of hydrogen-bond acceptors (Lipinski definition) is 3. The number of para-hydroxylation sites is 2. The van der Waals surface area contributed by atoms with Gasteiger partial charge in [-0.05, 0) is 24.3 Å². The molecule has 2 aromatic carbocycles. The quantitative estimate of drug-likeness (QED) is 0.616. The van der Waals surface area contributed by atoms with E-state index in [1.54, 1.807) is 18.2 Å². The molecule has 0 radical (unpaired) electrons. The lowest BCUT2D eigenvalue weighted by atomic mass is 10.1. The summed E-state index contributed by atoms with van der Waals surface area (Å²) in [7, 11) is 1.93. The lowest BCUT2D eigenvalue weighted by Gasteiger charge is -2.01. The number of aromatic nitrogens is 4. The molecule has 22 heavy (non-hydrogen) atoms. The minimum absolute atomic E-state index is 0.231. The van der Waals surface area contributed by atoms with Crippen LogP contribution in [0.2, 0.25) is 0 Å². The summed E-state index contributed by atoms with van der Waals surface area (Å²) in [6, 6.07) is 14.7. The molecule has 6 heteroatoms. The minimum Gasteiger partial charge on any atom is -0.478 e. The van der Waals surface area contributed by atoms with Crippen molar-refractivity contribution in [3.05, 3.63) is 54.1 Å². The summed E-state index contributed by atoms with van der Waals surface area (Å²) in [4.78, 5) is 11.2. The minimum atomic E-state index is -0.958. The van der Waals surface area contributed by atoms with Crippen LogP contribution in [0.25, 0.3) is 28.2 Å². The second kappa shape index (κ2) is 4.42. The molecule has 0 spiro atoms. The molecule has 0 saturated carbocycles. The largest absolute Gasteiger partial charge is 0.478 e. The predicted octanol–water partition coefficient (Wildman–Crippen LogP) is 2.59. The molecule has 1 N–H and O–H groups in total. The van der Waals surface area contributed by atoms with Crippen LogP contribution < -0.4 is 0 Å². The van der Waals surface area contributed by atoms with Crippen molar-refractivity contribution in [2.45, 2.75) is 0 Å². The van der Waals surface area contributed by atoms with Gasteiger partial charge in [-0.1, -0.05) is 24.3 Å². The summed E-state index contributed by atoms with van der Waals surface area (Å²) in [5.41, 5.74) is 2.99. The molecule has 4 rings (SSSR count). The van der Waals surface area contributed by atoms with E-state index in [1.165, 1.54) is 0 Å². The van der Waals surface area contributed by atoms with Crippen LogP contribution in [0, 0.1) is 0 Å². The van der Waals surface area contributed by atoms with Crippen LogP contribution >= 0.6 is 0 Å². The van der Waals surface area contributed by atoms with Gasteiger partial charge in [0, 0.05) is 12.6 Å². The SMILES string of the molecule is Cn1c2ccccc2n2c(-c3cccc(C(=O)O)c3)nnc12. The Hall–Kier alpha value is -3.15. The molecule has 4 aromatic rings. The first-order valence-electron chi connectivity index (χ1n) is 6.79. The molecule has 0 aliphatic carbocycles. The molecular formula is C16H12N4O2. The van der Waals surface area contributed by atoms with Crippen LogP contribution in [0.5, 0.6) is 0 Å². The molecule has 0 saturated heterocycles. The molecule has 0 amide bonds. The van der Waals surface area contributed by atoms with Crippen molar-refractivity contribution >= 4 is 22.8 Å². The van der Waals surface area contributed by atoms with Gasteiger partial charge in [-0.2, -0.15) is 0 Å². The van der Waals surface area contributed by atoms with Crippen LogP contribution in [-0.2, 0) is 7.05 Å². The summed E-state index contributed by atoms with van der Waals surface area (Å²) < 4.78 is 3.91. The average molecular weight is 292 g/mol. The van der Waals surface area contributed by atoms with Crippen LogP contribution in [-0.4, -0.2) is 30.2 Å². The molecule has 0 bridgehead atoms. The fraction of sp³-hybridized carbons (Fsp3) is 0.0625. The Balaban J connectivity index is 2.06. The zero-order chi connectivity index (χ0) is 15.3. The van der Waals surface area contributed by atoms with E-state index < -0.39 is 5.97 Å². The molecule has 6 nitrogen and oxygen atoms in total. The van der Waals surface area contributed by atoms with Gasteiger partial charge in [0.1, 0.15) is 0 Å². The Morgan fingerprint density at radius 3 is 2.59 bits per heavy atom. The van der Waals surface area contributed by atoms with Crippen LogP contribution in [0.1, 0.15) is 10.4 Å². The highest BCUT2D eigenvalue weighted by atomic mass is 16.4. The number of hydrogen-bond donors (Lipinski definition) is 1. The third-order valence-corrected chi connectivity index (χ3v) is 3.80. The molecule has 0 aliphatic heterocycles. The van der Waals surface area contributed by atoms with Crippen molar-refractivity contribution in [1.29, 1.82) is 0 Å². The van der Waals surface area contributed by atoms with Crippen molar-refractivity contribution in [3.8, 4) is 11.4 Å². The highest BCUT2D eigenvalue weighted by Gasteiger charge is 2.16. The number of carboxylic acids is 1. The zero-order valence-electron chi connectivity index (χ0n) is 11.8. The van der Waals surface area contributed by atoms with Crippen LogP contribution in [0.4, 0.5) is 0 Å².